The number of hydrogen-bond donors (Lipinski definition) is 0. The molecule has 0 N–H and O–H groups in total. The van der Waals surface area contributed by atoms with Crippen molar-refractivity contribution in [2.45, 2.75) is 97.5 Å². The van der Waals surface area contributed by atoms with Crippen LogP contribution in [0.1, 0.15) is 73.3 Å². The number of hydrogen-bond acceptors (Lipinski definition) is 6. The number of esters is 1. The Bertz CT molecular complexity index is 870. The first-order valence-corrected chi connectivity index (χ1v) is 12.9. The Labute approximate surface area is 211 Å². The summed E-state index contributed by atoms with van der Waals surface area (Å²) < 4.78 is 23.8. The molecule has 1 amide bonds. The summed E-state index contributed by atoms with van der Waals surface area (Å²) in [5.74, 6) is -0.553. The summed E-state index contributed by atoms with van der Waals surface area (Å²) in [6.45, 7) is 14.9. The lowest BCUT2D eigenvalue weighted by Crippen LogP contribution is -2.48. The first-order chi connectivity index (χ1) is 16.3. The predicted octanol–water partition coefficient (Wildman–Crippen LogP) is 5.48. The van der Waals surface area contributed by atoms with Crippen molar-refractivity contribution in [3.63, 3.8) is 0 Å². The van der Waals surface area contributed by atoms with Crippen LogP contribution >= 0.6 is 0 Å². The molecule has 0 aromatic heterocycles. The Morgan fingerprint density at radius 3 is 2.40 bits per heavy atom. The third-order valence-electron chi connectivity index (χ3n) is 7.32. The number of nitrogens with zero attached hydrogens (tertiary/aromatic N) is 1. The van der Waals surface area contributed by atoms with E-state index >= 15 is 0 Å². The lowest BCUT2D eigenvalue weighted by Gasteiger charge is -2.37. The largest absolute Gasteiger partial charge is 0.461 e. The van der Waals surface area contributed by atoms with Crippen molar-refractivity contribution in [2.75, 3.05) is 13.1 Å². The summed E-state index contributed by atoms with van der Waals surface area (Å²) in [7, 11) is -0.296. The molecule has 35 heavy (non-hydrogen) atoms. The van der Waals surface area contributed by atoms with E-state index in [9.17, 15) is 9.59 Å². The van der Waals surface area contributed by atoms with Crippen molar-refractivity contribution >= 4 is 19.2 Å². The number of rotatable bonds is 7. The highest BCUT2D eigenvalue weighted by Gasteiger charge is 2.52. The van der Waals surface area contributed by atoms with Gasteiger partial charge in [0, 0.05) is 13.1 Å². The molecular formula is C27H42BNO6. The number of benzene rings is 1. The summed E-state index contributed by atoms with van der Waals surface area (Å²) in [5, 5.41) is 0. The molecule has 2 fully saturated rings. The highest BCUT2D eigenvalue weighted by molar-refractivity contribution is 6.45. The van der Waals surface area contributed by atoms with Gasteiger partial charge in [-0.1, -0.05) is 43.7 Å². The topological polar surface area (TPSA) is 74.3 Å². The lowest BCUT2D eigenvalue weighted by atomic mass is 9.76. The van der Waals surface area contributed by atoms with Gasteiger partial charge in [-0.15, -0.1) is 0 Å². The van der Waals surface area contributed by atoms with Crippen molar-refractivity contribution < 1.29 is 28.4 Å². The fourth-order valence-electron chi connectivity index (χ4n) is 4.81. The van der Waals surface area contributed by atoms with Crippen LogP contribution in [0.5, 0.6) is 0 Å². The highest BCUT2D eigenvalue weighted by atomic mass is 16.7. The SMILES string of the molecule is CCC1(C)OB(CC[C@@H]2C[C@H](C(=O)OCc3ccccc3)CN(C(=O)OC(C)(C)C)C2)OC1(C)C. The zero-order valence-electron chi connectivity index (χ0n) is 22.5. The van der Waals surface area contributed by atoms with E-state index in [1.54, 1.807) is 4.90 Å². The van der Waals surface area contributed by atoms with E-state index in [0.717, 1.165) is 18.4 Å². The van der Waals surface area contributed by atoms with Crippen molar-refractivity contribution in [1.29, 1.82) is 0 Å². The average molecular weight is 487 g/mol. The summed E-state index contributed by atoms with van der Waals surface area (Å²) in [6, 6.07) is 9.62. The molecule has 2 saturated heterocycles. The molecule has 3 atom stereocenters. The van der Waals surface area contributed by atoms with Crippen LogP contribution in [0.15, 0.2) is 30.3 Å². The summed E-state index contributed by atoms with van der Waals surface area (Å²) in [4.78, 5) is 27.5. The minimum atomic E-state index is -0.602. The van der Waals surface area contributed by atoms with Crippen LogP contribution in [0.3, 0.4) is 0 Å². The van der Waals surface area contributed by atoms with E-state index in [-0.39, 0.29) is 36.8 Å². The molecule has 0 aliphatic carbocycles. The number of carbonyl (C=O) groups excluding carboxylic acids is 2. The van der Waals surface area contributed by atoms with Gasteiger partial charge in [0.2, 0.25) is 0 Å². The van der Waals surface area contributed by atoms with Gasteiger partial charge in [0.25, 0.3) is 0 Å². The fourth-order valence-corrected chi connectivity index (χ4v) is 4.81. The van der Waals surface area contributed by atoms with Gasteiger partial charge in [-0.25, -0.2) is 4.79 Å². The molecule has 0 bridgehead atoms. The van der Waals surface area contributed by atoms with E-state index in [2.05, 4.69) is 27.7 Å². The van der Waals surface area contributed by atoms with Gasteiger partial charge in [0.05, 0.1) is 17.1 Å². The normalized spacial score (nSPS) is 26.5. The second kappa shape index (κ2) is 10.9. The standard InChI is InChI=1S/C27H42BNO6/c1-8-27(7)26(5,6)34-28(35-27)15-14-21-16-22(18-29(17-21)24(31)33-25(2,3)4)23(30)32-19-20-12-10-9-11-13-20/h9-13,21-22H,8,14-19H2,1-7H3/t21-,22+,27?/m1/s1. The molecule has 1 aromatic rings. The molecule has 0 saturated carbocycles. The van der Waals surface area contributed by atoms with E-state index in [0.29, 0.717) is 25.8 Å². The molecule has 2 aliphatic heterocycles. The van der Waals surface area contributed by atoms with Crippen LogP contribution in [0.25, 0.3) is 0 Å². The van der Waals surface area contributed by atoms with Crippen LogP contribution in [-0.2, 0) is 30.2 Å². The summed E-state index contributed by atoms with van der Waals surface area (Å²) in [5.41, 5.74) is -0.369. The maximum Gasteiger partial charge on any atom is 0.457 e. The third-order valence-corrected chi connectivity index (χ3v) is 7.32. The molecule has 2 aliphatic rings. The van der Waals surface area contributed by atoms with Crippen molar-refractivity contribution in [2.24, 2.45) is 11.8 Å². The Balaban J connectivity index is 1.64. The van der Waals surface area contributed by atoms with Gasteiger partial charge in [0.1, 0.15) is 12.2 Å². The Kier molecular flexibility index (Phi) is 8.58. The lowest BCUT2D eigenvalue weighted by molar-refractivity contribution is -0.152. The maximum atomic E-state index is 13.0. The predicted molar refractivity (Wildman–Crippen MR) is 136 cm³/mol. The first-order valence-electron chi connectivity index (χ1n) is 12.9. The number of carbonyl (C=O) groups is 2. The zero-order chi connectivity index (χ0) is 25.9. The second-order valence-electron chi connectivity index (χ2n) is 11.6. The van der Waals surface area contributed by atoms with Crippen molar-refractivity contribution in [3.8, 4) is 0 Å². The quantitative estimate of drug-likeness (QED) is 0.375. The molecule has 1 aromatic carbocycles. The van der Waals surface area contributed by atoms with Gasteiger partial charge in [0.15, 0.2) is 0 Å². The monoisotopic (exact) mass is 487 g/mol. The Hall–Kier alpha value is -2.06. The Morgan fingerprint density at radius 2 is 1.80 bits per heavy atom. The zero-order valence-corrected chi connectivity index (χ0v) is 22.5. The minimum Gasteiger partial charge on any atom is -0.461 e. The maximum absolute atomic E-state index is 13.0. The molecule has 0 spiro atoms. The average Bonchev–Trinajstić information content (AvgIpc) is 3.03. The molecule has 3 rings (SSSR count). The van der Waals surface area contributed by atoms with Crippen LogP contribution in [0, 0.1) is 11.8 Å². The van der Waals surface area contributed by atoms with Crippen molar-refractivity contribution in [1.82, 2.24) is 4.90 Å². The van der Waals surface area contributed by atoms with E-state index in [4.69, 9.17) is 18.8 Å². The number of piperidine rings is 1. The van der Waals surface area contributed by atoms with E-state index < -0.39 is 17.6 Å². The minimum absolute atomic E-state index is 0.120. The molecule has 1 unspecified atom stereocenters. The smallest absolute Gasteiger partial charge is 0.457 e. The molecule has 8 heteroatoms. The van der Waals surface area contributed by atoms with Crippen molar-refractivity contribution in [3.05, 3.63) is 35.9 Å². The summed E-state index contributed by atoms with van der Waals surface area (Å²) >= 11 is 0. The van der Waals surface area contributed by atoms with Crippen LogP contribution in [0.2, 0.25) is 6.32 Å². The molecule has 194 valence electrons. The second-order valence-corrected chi connectivity index (χ2v) is 11.6. The summed E-state index contributed by atoms with van der Waals surface area (Å²) in [6.07, 6.45) is 2.62. The van der Waals surface area contributed by atoms with Gasteiger partial charge in [-0.2, -0.15) is 0 Å². The van der Waals surface area contributed by atoms with Crippen LogP contribution in [0.4, 0.5) is 4.79 Å². The van der Waals surface area contributed by atoms with E-state index in [1.807, 2.05) is 51.1 Å². The molecule has 2 heterocycles. The molecular weight excluding hydrogens is 445 g/mol. The first kappa shape index (κ1) is 27.5. The highest BCUT2D eigenvalue weighted by Crippen LogP contribution is 2.41. The van der Waals surface area contributed by atoms with Gasteiger partial charge in [-0.3, -0.25) is 4.79 Å². The van der Waals surface area contributed by atoms with E-state index in [1.165, 1.54) is 0 Å². The number of amides is 1. The number of ether oxygens (including phenoxy) is 2. The van der Waals surface area contributed by atoms with Gasteiger partial charge >= 0.3 is 19.2 Å². The fraction of sp³-hybridized carbons (Fsp3) is 0.704. The van der Waals surface area contributed by atoms with Crippen LogP contribution in [-0.4, -0.2) is 54.0 Å². The third kappa shape index (κ3) is 7.23. The number of likely N-dealkylation sites (tertiary alicyclic amines) is 1. The molecule has 0 radical (unpaired) electrons. The van der Waals surface area contributed by atoms with Gasteiger partial charge < -0.3 is 23.7 Å². The molecule has 7 nitrogen and oxygen atoms in total. The van der Waals surface area contributed by atoms with Crippen LogP contribution < -0.4 is 0 Å². The van der Waals surface area contributed by atoms with Gasteiger partial charge in [-0.05, 0) is 72.2 Å². The Morgan fingerprint density at radius 1 is 1.11 bits per heavy atom.